The fourth-order valence-electron chi connectivity index (χ4n) is 1.19. The first-order valence-corrected chi connectivity index (χ1v) is 5.73. The van der Waals surface area contributed by atoms with Gasteiger partial charge in [-0.25, -0.2) is 9.97 Å². The summed E-state index contributed by atoms with van der Waals surface area (Å²) in [6.45, 7) is 0. The fraction of sp³-hybridized carbons (Fsp3) is 0. The Morgan fingerprint density at radius 3 is 2.76 bits per heavy atom. The van der Waals surface area contributed by atoms with Crippen LogP contribution in [0, 0.1) is 0 Å². The molecule has 3 heterocycles. The Kier molecular flexibility index (Phi) is 3.46. The van der Waals surface area contributed by atoms with Crippen molar-refractivity contribution < 1.29 is 4.79 Å². The molecule has 3 aromatic heterocycles. The second kappa shape index (κ2) is 5.22. The van der Waals surface area contributed by atoms with Crippen LogP contribution in [0.25, 0.3) is 11.2 Å². The number of nitrogens with two attached hydrogens (primary N) is 1. The molecule has 1 amide bonds. The summed E-state index contributed by atoms with van der Waals surface area (Å²) in [7, 11) is 0. The summed E-state index contributed by atoms with van der Waals surface area (Å²) >= 11 is 1.36. The standard InChI is InChI=1S/C6H5N3.C5H5NOS/c1-2-5-6(7-3-1)9-4-8-5;6-5(7)4-2-1-3-8-4/h1-4H,(H,7,8,9);1-3H,(H2,6,7). The van der Waals surface area contributed by atoms with Gasteiger partial charge in [-0.3, -0.25) is 4.79 Å². The first-order chi connectivity index (χ1) is 8.27. The molecule has 5 nitrogen and oxygen atoms in total. The summed E-state index contributed by atoms with van der Waals surface area (Å²) in [4.78, 5) is 21.8. The lowest BCUT2D eigenvalue weighted by molar-refractivity contribution is 0.100. The van der Waals surface area contributed by atoms with Crippen LogP contribution in [-0.4, -0.2) is 20.9 Å². The van der Waals surface area contributed by atoms with Crippen molar-refractivity contribution in [3.05, 3.63) is 47.0 Å². The minimum atomic E-state index is -0.347. The summed E-state index contributed by atoms with van der Waals surface area (Å²) in [5.74, 6) is -0.347. The number of nitrogens with zero attached hydrogens (tertiary/aromatic N) is 2. The molecule has 0 atom stereocenters. The zero-order valence-corrected chi connectivity index (χ0v) is 9.65. The van der Waals surface area contributed by atoms with E-state index in [9.17, 15) is 4.79 Å². The van der Waals surface area contributed by atoms with Crippen molar-refractivity contribution in [2.75, 3.05) is 0 Å². The Hall–Kier alpha value is -2.21. The van der Waals surface area contributed by atoms with Gasteiger partial charge in [0.2, 0.25) is 0 Å². The van der Waals surface area contributed by atoms with Crippen molar-refractivity contribution in [1.29, 1.82) is 0 Å². The van der Waals surface area contributed by atoms with Gasteiger partial charge in [0.15, 0.2) is 5.65 Å². The van der Waals surface area contributed by atoms with Gasteiger partial charge in [-0.2, -0.15) is 0 Å². The third kappa shape index (κ3) is 2.88. The van der Waals surface area contributed by atoms with Crippen molar-refractivity contribution in [2.24, 2.45) is 5.73 Å². The molecule has 0 unspecified atom stereocenters. The maximum Gasteiger partial charge on any atom is 0.258 e. The normalized spacial score (nSPS) is 9.65. The zero-order valence-electron chi connectivity index (χ0n) is 8.83. The van der Waals surface area contributed by atoms with Gasteiger partial charge in [0.05, 0.1) is 16.7 Å². The number of imidazole rings is 1. The molecular weight excluding hydrogens is 236 g/mol. The van der Waals surface area contributed by atoms with Crippen molar-refractivity contribution in [3.63, 3.8) is 0 Å². The van der Waals surface area contributed by atoms with E-state index in [1.54, 1.807) is 24.7 Å². The van der Waals surface area contributed by atoms with Crippen LogP contribution in [0.5, 0.6) is 0 Å². The van der Waals surface area contributed by atoms with E-state index in [4.69, 9.17) is 5.73 Å². The molecule has 0 saturated carbocycles. The van der Waals surface area contributed by atoms with Crippen LogP contribution in [0.2, 0.25) is 0 Å². The van der Waals surface area contributed by atoms with E-state index in [0.29, 0.717) is 4.88 Å². The number of H-pyrrole nitrogens is 1. The molecule has 0 spiro atoms. The van der Waals surface area contributed by atoms with Gasteiger partial charge < -0.3 is 10.7 Å². The van der Waals surface area contributed by atoms with Crippen LogP contribution < -0.4 is 5.73 Å². The summed E-state index contributed by atoms with van der Waals surface area (Å²) in [5, 5.41) is 1.82. The van der Waals surface area contributed by atoms with Gasteiger partial charge in [0.25, 0.3) is 5.91 Å². The van der Waals surface area contributed by atoms with Crippen LogP contribution in [-0.2, 0) is 0 Å². The van der Waals surface area contributed by atoms with Crippen molar-refractivity contribution in [3.8, 4) is 0 Å². The molecule has 86 valence electrons. The zero-order chi connectivity index (χ0) is 12.1. The monoisotopic (exact) mass is 246 g/mol. The third-order valence-electron chi connectivity index (χ3n) is 1.96. The lowest BCUT2D eigenvalue weighted by Gasteiger charge is -1.80. The number of pyridine rings is 1. The molecule has 3 aromatic rings. The summed E-state index contributed by atoms with van der Waals surface area (Å²) in [5.41, 5.74) is 6.69. The number of aromatic amines is 1. The number of carbonyl (C=O) groups is 1. The van der Waals surface area contributed by atoms with E-state index in [0.717, 1.165) is 11.2 Å². The molecule has 0 fully saturated rings. The van der Waals surface area contributed by atoms with Crippen LogP contribution in [0.4, 0.5) is 0 Å². The minimum Gasteiger partial charge on any atom is -0.365 e. The Bertz CT molecular complexity index is 573. The molecule has 0 aliphatic rings. The molecule has 0 aromatic carbocycles. The second-order valence-electron chi connectivity index (χ2n) is 3.12. The van der Waals surface area contributed by atoms with Crippen molar-refractivity contribution >= 4 is 28.4 Å². The molecule has 0 radical (unpaired) electrons. The quantitative estimate of drug-likeness (QED) is 0.686. The molecule has 0 aliphatic carbocycles. The first kappa shape index (κ1) is 11.3. The minimum absolute atomic E-state index is 0.347. The highest BCUT2D eigenvalue weighted by Crippen LogP contribution is 2.05. The SMILES string of the molecule is NC(=O)c1cccs1.c1cnc2nc[nH]c2c1. The van der Waals surface area contributed by atoms with Crippen molar-refractivity contribution in [2.45, 2.75) is 0 Å². The highest BCUT2D eigenvalue weighted by atomic mass is 32.1. The summed E-state index contributed by atoms with van der Waals surface area (Å²) in [6, 6.07) is 7.31. The number of amides is 1. The van der Waals surface area contributed by atoms with E-state index in [-0.39, 0.29) is 5.91 Å². The number of thiophene rings is 1. The van der Waals surface area contributed by atoms with Crippen LogP contribution in [0.3, 0.4) is 0 Å². The average Bonchev–Trinajstić information content (AvgIpc) is 3.01. The molecule has 17 heavy (non-hydrogen) atoms. The van der Waals surface area contributed by atoms with Gasteiger partial charge >= 0.3 is 0 Å². The first-order valence-electron chi connectivity index (χ1n) is 4.85. The molecular formula is C11H10N4OS. The fourth-order valence-corrected chi connectivity index (χ4v) is 1.77. The van der Waals surface area contributed by atoms with Crippen LogP contribution >= 0.6 is 11.3 Å². The number of primary amides is 1. The molecule has 0 bridgehead atoms. The Morgan fingerprint density at radius 1 is 1.29 bits per heavy atom. The second-order valence-corrected chi connectivity index (χ2v) is 4.07. The highest BCUT2D eigenvalue weighted by molar-refractivity contribution is 7.12. The Balaban J connectivity index is 0.000000128. The lowest BCUT2D eigenvalue weighted by Crippen LogP contribution is -2.07. The van der Waals surface area contributed by atoms with E-state index >= 15 is 0 Å². The average molecular weight is 246 g/mol. The molecule has 6 heteroatoms. The lowest BCUT2D eigenvalue weighted by atomic mass is 10.4. The predicted molar refractivity (Wildman–Crippen MR) is 66.7 cm³/mol. The molecule has 3 rings (SSSR count). The largest absolute Gasteiger partial charge is 0.365 e. The topological polar surface area (TPSA) is 84.7 Å². The smallest absolute Gasteiger partial charge is 0.258 e. The Labute approximate surface area is 101 Å². The third-order valence-corrected chi connectivity index (χ3v) is 2.84. The number of rotatable bonds is 1. The van der Waals surface area contributed by atoms with Crippen LogP contribution in [0.15, 0.2) is 42.2 Å². The molecule has 3 N–H and O–H groups in total. The van der Waals surface area contributed by atoms with E-state index < -0.39 is 0 Å². The number of carbonyl (C=O) groups excluding carboxylic acids is 1. The van der Waals surface area contributed by atoms with Gasteiger partial charge in [-0.05, 0) is 23.6 Å². The van der Waals surface area contributed by atoms with Gasteiger partial charge in [0.1, 0.15) is 0 Å². The highest BCUT2D eigenvalue weighted by Gasteiger charge is 1.96. The van der Waals surface area contributed by atoms with E-state index in [1.807, 2.05) is 17.5 Å². The summed E-state index contributed by atoms with van der Waals surface area (Å²) in [6.07, 6.45) is 3.36. The van der Waals surface area contributed by atoms with Gasteiger partial charge in [0, 0.05) is 6.20 Å². The number of aromatic nitrogens is 3. The molecule has 0 saturated heterocycles. The number of fused-ring (bicyclic) bond motifs is 1. The Morgan fingerprint density at radius 2 is 2.18 bits per heavy atom. The number of nitrogens with one attached hydrogen (secondary N) is 1. The van der Waals surface area contributed by atoms with Crippen LogP contribution in [0.1, 0.15) is 9.67 Å². The molecule has 0 aliphatic heterocycles. The number of hydrogen-bond acceptors (Lipinski definition) is 4. The van der Waals surface area contributed by atoms with Gasteiger partial charge in [-0.15, -0.1) is 11.3 Å². The van der Waals surface area contributed by atoms with Crippen molar-refractivity contribution in [1.82, 2.24) is 15.0 Å². The summed E-state index contributed by atoms with van der Waals surface area (Å²) < 4.78 is 0. The van der Waals surface area contributed by atoms with E-state index in [2.05, 4.69) is 15.0 Å². The predicted octanol–water partition coefficient (Wildman–Crippen LogP) is 1.80. The maximum absolute atomic E-state index is 10.3. The maximum atomic E-state index is 10.3. The van der Waals surface area contributed by atoms with Gasteiger partial charge in [-0.1, -0.05) is 6.07 Å². The van der Waals surface area contributed by atoms with E-state index in [1.165, 1.54) is 11.3 Å². The number of hydrogen-bond donors (Lipinski definition) is 2.